The quantitative estimate of drug-likeness (QED) is 0.504. The molecule has 114 valence electrons. The fraction of sp³-hybridized carbons (Fsp3) is 0.316. The molecule has 0 unspecified atom stereocenters. The normalized spacial score (nSPS) is 11.4. The van der Waals surface area contributed by atoms with Crippen LogP contribution in [0, 0.1) is 0 Å². The molecule has 3 rings (SSSR count). The van der Waals surface area contributed by atoms with Crippen LogP contribution in [0.4, 0.5) is 5.69 Å². The lowest BCUT2D eigenvalue weighted by atomic mass is 10.2. The van der Waals surface area contributed by atoms with Gasteiger partial charge in [0.25, 0.3) is 0 Å². The van der Waals surface area contributed by atoms with E-state index in [9.17, 15) is 0 Å². The minimum Gasteiger partial charge on any atom is -0.384 e. The molecule has 3 aromatic rings. The lowest BCUT2D eigenvalue weighted by molar-refractivity contribution is 0.316. The molecule has 0 amide bonds. The van der Waals surface area contributed by atoms with Gasteiger partial charge in [0.05, 0.1) is 0 Å². The van der Waals surface area contributed by atoms with E-state index in [4.69, 9.17) is 0 Å². The van der Waals surface area contributed by atoms with Gasteiger partial charge in [0, 0.05) is 41.7 Å². The van der Waals surface area contributed by atoms with Crippen LogP contribution in [-0.4, -0.2) is 31.1 Å². The third kappa shape index (κ3) is 3.37. The van der Waals surface area contributed by atoms with Crippen molar-refractivity contribution in [3.63, 3.8) is 0 Å². The average Bonchev–Trinajstić information content (AvgIpc) is 2.57. The third-order valence-electron chi connectivity index (χ3n) is 4.11. The molecule has 0 aliphatic rings. The molecule has 0 saturated heterocycles. The smallest absolute Gasteiger partial charge is 0.238 e. The molecule has 0 saturated carbocycles. The first-order valence-corrected chi connectivity index (χ1v) is 8.83. The number of rotatable bonds is 6. The highest BCUT2D eigenvalue weighted by atomic mass is 32.1. The molecule has 0 bridgehead atoms. The second-order valence-corrected chi connectivity index (χ2v) is 6.57. The van der Waals surface area contributed by atoms with Crippen LogP contribution in [-0.2, 0) is 0 Å². The minimum absolute atomic E-state index is 0.990. The van der Waals surface area contributed by atoms with Crippen molar-refractivity contribution in [3.8, 4) is 0 Å². The largest absolute Gasteiger partial charge is 0.384 e. The van der Waals surface area contributed by atoms with E-state index in [-0.39, 0.29) is 0 Å². The SMILES string of the molecule is CCN(CC)CCNc1ccc2[s+]c3ccccc3cc2c1. The average molecular weight is 311 g/mol. The van der Waals surface area contributed by atoms with Gasteiger partial charge in [-0.25, -0.2) is 0 Å². The Hall–Kier alpha value is -1.71. The Kier molecular flexibility index (Phi) is 4.86. The van der Waals surface area contributed by atoms with Gasteiger partial charge in [-0.05, 0) is 37.4 Å². The fourth-order valence-corrected chi connectivity index (χ4v) is 3.74. The van der Waals surface area contributed by atoms with Crippen LogP contribution in [0.15, 0.2) is 48.5 Å². The molecule has 2 aromatic carbocycles. The van der Waals surface area contributed by atoms with Crippen molar-refractivity contribution in [3.05, 3.63) is 48.5 Å². The Morgan fingerprint density at radius 3 is 2.50 bits per heavy atom. The van der Waals surface area contributed by atoms with Gasteiger partial charge in [-0.3, -0.25) is 0 Å². The van der Waals surface area contributed by atoms with Crippen LogP contribution in [0.2, 0.25) is 0 Å². The van der Waals surface area contributed by atoms with E-state index in [1.54, 1.807) is 0 Å². The van der Waals surface area contributed by atoms with Gasteiger partial charge >= 0.3 is 0 Å². The van der Waals surface area contributed by atoms with Gasteiger partial charge in [0.1, 0.15) is 0 Å². The predicted molar refractivity (Wildman–Crippen MR) is 100 cm³/mol. The number of fused-ring (bicyclic) bond motifs is 2. The lowest BCUT2D eigenvalue weighted by Gasteiger charge is -2.18. The molecule has 0 fully saturated rings. The van der Waals surface area contributed by atoms with Gasteiger partial charge in [-0.2, -0.15) is 0 Å². The number of anilines is 1. The molecule has 2 nitrogen and oxygen atoms in total. The molecule has 0 radical (unpaired) electrons. The van der Waals surface area contributed by atoms with Crippen molar-refractivity contribution < 1.29 is 0 Å². The van der Waals surface area contributed by atoms with E-state index in [2.05, 4.69) is 72.6 Å². The van der Waals surface area contributed by atoms with Crippen molar-refractivity contribution in [1.29, 1.82) is 0 Å². The van der Waals surface area contributed by atoms with Crippen molar-refractivity contribution >= 4 is 37.2 Å². The first-order valence-electron chi connectivity index (χ1n) is 8.02. The van der Waals surface area contributed by atoms with Crippen LogP contribution >= 0.6 is 11.3 Å². The molecule has 3 heteroatoms. The Morgan fingerprint density at radius 1 is 0.909 bits per heavy atom. The topological polar surface area (TPSA) is 15.3 Å². The van der Waals surface area contributed by atoms with Gasteiger partial charge in [0.2, 0.25) is 20.7 Å². The number of hydrogen-bond donors (Lipinski definition) is 1. The summed E-state index contributed by atoms with van der Waals surface area (Å²) in [4.78, 5) is 2.43. The van der Waals surface area contributed by atoms with Crippen LogP contribution in [0.25, 0.3) is 20.2 Å². The number of benzene rings is 2. The number of likely N-dealkylation sites (N-methyl/N-ethyl adjacent to an activating group) is 1. The van der Waals surface area contributed by atoms with Gasteiger partial charge < -0.3 is 10.2 Å². The summed E-state index contributed by atoms with van der Waals surface area (Å²) in [6.45, 7) is 8.74. The Morgan fingerprint density at radius 2 is 1.68 bits per heavy atom. The summed E-state index contributed by atoms with van der Waals surface area (Å²) >= 11 is 1.86. The van der Waals surface area contributed by atoms with Gasteiger partial charge in [-0.1, -0.05) is 26.0 Å². The Labute approximate surface area is 136 Å². The molecule has 1 N–H and O–H groups in total. The summed E-state index contributed by atoms with van der Waals surface area (Å²) < 4.78 is 2.69. The predicted octanol–water partition coefficient (Wildman–Crippen LogP) is 5.09. The molecular weight excluding hydrogens is 288 g/mol. The zero-order valence-corrected chi connectivity index (χ0v) is 14.1. The lowest BCUT2D eigenvalue weighted by Crippen LogP contribution is -2.28. The molecule has 0 aliphatic heterocycles. The zero-order valence-electron chi connectivity index (χ0n) is 13.3. The minimum atomic E-state index is 0.990. The summed E-state index contributed by atoms with van der Waals surface area (Å²) in [5.41, 5.74) is 1.21. The summed E-state index contributed by atoms with van der Waals surface area (Å²) in [6, 6.07) is 17.6. The summed E-state index contributed by atoms with van der Waals surface area (Å²) in [7, 11) is 0. The van der Waals surface area contributed by atoms with E-state index in [1.165, 1.54) is 25.9 Å². The highest BCUT2D eigenvalue weighted by Crippen LogP contribution is 2.29. The van der Waals surface area contributed by atoms with Crippen molar-refractivity contribution in [2.45, 2.75) is 13.8 Å². The first-order chi connectivity index (χ1) is 10.8. The maximum absolute atomic E-state index is 3.55. The van der Waals surface area contributed by atoms with Crippen LogP contribution in [0.5, 0.6) is 0 Å². The van der Waals surface area contributed by atoms with Gasteiger partial charge in [-0.15, -0.1) is 0 Å². The van der Waals surface area contributed by atoms with Crippen molar-refractivity contribution in [2.75, 3.05) is 31.5 Å². The summed E-state index contributed by atoms with van der Waals surface area (Å²) in [5.74, 6) is 0. The van der Waals surface area contributed by atoms with E-state index < -0.39 is 0 Å². The van der Waals surface area contributed by atoms with Crippen LogP contribution in [0.3, 0.4) is 0 Å². The standard InChI is InChI=1S/C19H23N2S/c1-3-21(4-2)12-11-20-17-9-10-19-16(14-17)13-15-7-5-6-8-18(15)22-19/h5-10,13-14,20H,3-4,11-12H2,1-2H3/q+1. The van der Waals surface area contributed by atoms with Crippen molar-refractivity contribution in [1.82, 2.24) is 4.90 Å². The second-order valence-electron chi connectivity index (χ2n) is 5.49. The molecule has 0 atom stereocenters. The van der Waals surface area contributed by atoms with Gasteiger partial charge in [0.15, 0.2) is 0 Å². The number of hydrogen-bond acceptors (Lipinski definition) is 2. The molecular formula is C19H23N2S+. The molecule has 22 heavy (non-hydrogen) atoms. The fourth-order valence-electron chi connectivity index (χ4n) is 2.74. The first kappa shape index (κ1) is 15.2. The van der Waals surface area contributed by atoms with Crippen LogP contribution in [0.1, 0.15) is 13.8 Å². The third-order valence-corrected chi connectivity index (χ3v) is 5.29. The summed E-state index contributed by atoms with van der Waals surface area (Å²) in [6.07, 6.45) is 0. The molecule has 0 spiro atoms. The highest BCUT2D eigenvalue weighted by molar-refractivity contribution is 7.24. The molecule has 0 aliphatic carbocycles. The van der Waals surface area contributed by atoms with E-state index in [1.807, 2.05) is 11.3 Å². The maximum Gasteiger partial charge on any atom is 0.238 e. The number of nitrogens with one attached hydrogen (secondary N) is 1. The highest BCUT2D eigenvalue weighted by Gasteiger charge is 2.10. The van der Waals surface area contributed by atoms with E-state index in [0.29, 0.717) is 0 Å². The van der Waals surface area contributed by atoms with Crippen LogP contribution < -0.4 is 5.32 Å². The Balaban J connectivity index is 1.78. The van der Waals surface area contributed by atoms with E-state index >= 15 is 0 Å². The summed E-state index contributed by atoms with van der Waals surface area (Å²) in [5, 5.41) is 6.18. The van der Waals surface area contributed by atoms with Crippen molar-refractivity contribution in [2.24, 2.45) is 0 Å². The monoisotopic (exact) mass is 311 g/mol. The maximum atomic E-state index is 3.55. The number of nitrogens with zero attached hydrogens (tertiary/aromatic N) is 1. The second kappa shape index (κ2) is 7.03. The Bertz CT molecular complexity index is 766. The zero-order chi connectivity index (χ0) is 15.4. The molecule has 1 aromatic heterocycles. The van der Waals surface area contributed by atoms with E-state index in [0.717, 1.165) is 26.2 Å². The molecule has 1 heterocycles.